The van der Waals surface area contributed by atoms with Gasteiger partial charge in [0.1, 0.15) is 0 Å². The maximum absolute atomic E-state index is 5.35. The van der Waals surface area contributed by atoms with Crippen molar-refractivity contribution in [1.29, 1.82) is 0 Å². The van der Waals surface area contributed by atoms with E-state index in [-0.39, 0.29) is 0 Å². The van der Waals surface area contributed by atoms with Crippen molar-refractivity contribution in [2.45, 2.75) is 6.54 Å². The predicted octanol–water partition coefficient (Wildman–Crippen LogP) is 2.29. The maximum atomic E-state index is 5.35. The summed E-state index contributed by atoms with van der Waals surface area (Å²) in [4.78, 5) is 3.74. The van der Waals surface area contributed by atoms with Crippen LogP contribution in [0.1, 0.15) is 5.56 Å². The zero-order chi connectivity index (χ0) is 9.36. The van der Waals surface area contributed by atoms with Crippen molar-refractivity contribution in [1.82, 2.24) is 4.98 Å². The van der Waals surface area contributed by atoms with E-state index in [4.69, 9.17) is 5.73 Å². The SMILES string of the molecule is NCc1ccccc1.c1cscn1. The second-order valence-corrected chi connectivity index (χ2v) is 3.12. The molecule has 3 heteroatoms. The van der Waals surface area contributed by atoms with Crippen LogP contribution in [0.4, 0.5) is 0 Å². The van der Waals surface area contributed by atoms with E-state index in [0.717, 1.165) is 0 Å². The monoisotopic (exact) mass is 192 g/mol. The third kappa shape index (κ3) is 4.40. The number of aromatic nitrogens is 1. The van der Waals surface area contributed by atoms with Crippen LogP contribution in [0.5, 0.6) is 0 Å². The summed E-state index contributed by atoms with van der Waals surface area (Å²) in [5, 5.41) is 1.93. The number of rotatable bonds is 1. The molecule has 2 N–H and O–H groups in total. The highest BCUT2D eigenvalue weighted by Gasteiger charge is 1.80. The van der Waals surface area contributed by atoms with Gasteiger partial charge in [-0.15, -0.1) is 11.3 Å². The largest absolute Gasteiger partial charge is 0.326 e. The Morgan fingerprint density at radius 1 is 1.23 bits per heavy atom. The van der Waals surface area contributed by atoms with E-state index >= 15 is 0 Å². The van der Waals surface area contributed by atoms with Crippen molar-refractivity contribution in [2.24, 2.45) is 5.73 Å². The maximum Gasteiger partial charge on any atom is 0.0791 e. The van der Waals surface area contributed by atoms with Crippen LogP contribution in [-0.2, 0) is 6.54 Å². The summed E-state index contributed by atoms with van der Waals surface area (Å²) in [6, 6.07) is 9.99. The Morgan fingerprint density at radius 3 is 2.31 bits per heavy atom. The first-order valence-corrected chi connectivity index (χ1v) is 4.94. The van der Waals surface area contributed by atoms with Gasteiger partial charge >= 0.3 is 0 Å². The Labute approximate surface area is 82.1 Å². The highest BCUT2D eigenvalue weighted by atomic mass is 32.1. The molecule has 0 aliphatic carbocycles. The summed E-state index contributed by atoms with van der Waals surface area (Å²) in [6.45, 7) is 0.640. The molecule has 0 spiro atoms. The van der Waals surface area contributed by atoms with Crippen LogP contribution in [0.15, 0.2) is 47.4 Å². The Kier molecular flexibility index (Phi) is 4.83. The van der Waals surface area contributed by atoms with Gasteiger partial charge < -0.3 is 5.73 Å². The van der Waals surface area contributed by atoms with Gasteiger partial charge in [-0.05, 0) is 5.56 Å². The number of nitrogens with two attached hydrogens (primary N) is 1. The van der Waals surface area contributed by atoms with E-state index in [1.54, 1.807) is 23.0 Å². The van der Waals surface area contributed by atoms with Crippen LogP contribution < -0.4 is 5.73 Å². The van der Waals surface area contributed by atoms with Gasteiger partial charge in [0.2, 0.25) is 0 Å². The molecule has 0 atom stereocenters. The molecule has 1 aromatic heterocycles. The fourth-order valence-electron chi connectivity index (χ4n) is 0.790. The van der Waals surface area contributed by atoms with E-state index < -0.39 is 0 Å². The molecule has 68 valence electrons. The lowest BCUT2D eigenvalue weighted by molar-refractivity contribution is 1.07. The lowest BCUT2D eigenvalue weighted by Gasteiger charge is -1.90. The smallest absolute Gasteiger partial charge is 0.0791 e. The summed E-state index contributed by atoms with van der Waals surface area (Å²) in [5.74, 6) is 0. The van der Waals surface area contributed by atoms with Crippen molar-refractivity contribution in [3.05, 3.63) is 53.0 Å². The first kappa shape index (κ1) is 9.89. The van der Waals surface area contributed by atoms with Crippen molar-refractivity contribution in [2.75, 3.05) is 0 Å². The van der Waals surface area contributed by atoms with Gasteiger partial charge in [-0.1, -0.05) is 30.3 Å². The summed E-state index contributed by atoms with van der Waals surface area (Å²) < 4.78 is 0. The number of benzene rings is 1. The molecule has 0 saturated carbocycles. The molecule has 1 aromatic carbocycles. The third-order valence-electron chi connectivity index (χ3n) is 1.43. The molecule has 0 saturated heterocycles. The Morgan fingerprint density at radius 2 is 2.00 bits per heavy atom. The molecule has 0 aliphatic heterocycles. The summed E-state index contributed by atoms with van der Waals surface area (Å²) in [6.07, 6.45) is 1.77. The van der Waals surface area contributed by atoms with Crippen molar-refractivity contribution in [3.8, 4) is 0 Å². The van der Waals surface area contributed by atoms with Crippen molar-refractivity contribution >= 4 is 11.3 Å². The van der Waals surface area contributed by atoms with Crippen LogP contribution in [0, 0.1) is 0 Å². The summed E-state index contributed by atoms with van der Waals surface area (Å²) in [5.41, 5.74) is 8.33. The van der Waals surface area contributed by atoms with Gasteiger partial charge in [-0.3, -0.25) is 4.98 Å². The van der Waals surface area contributed by atoms with Gasteiger partial charge in [0.25, 0.3) is 0 Å². The number of nitrogens with zero attached hydrogens (tertiary/aromatic N) is 1. The molecule has 0 unspecified atom stereocenters. The van der Waals surface area contributed by atoms with Gasteiger partial charge in [0, 0.05) is 18.1 Å². The quantitative estimate of drug-likeness (QED) is 0.753. The second kappa shape index (κ2) is 6.34. The molecule has 2 aromatic rings. The molecule has 1 heterocycles. The molecule has 0 amide bonds. The Bertz CT molecular complexity index is 275. The fraction of sp³-hybridized carbons (Fsp3) is 0.100. The minimum atomic E-state index is 0.640. The molecule has 0 radical (unpaired) electrons. The Hall–Kier alpha value is -1.19. The molecule has 13 heavy (non-hydrogen) atoms. The van der Waals surface area contributed by atoms with Crippen LogP contribution >= 0.6 is 11.3 Å². The highest BCUT2D eigenvalue weighted by molar-refractivity contribution is 7.07. The van der Waals surface area contributed by atoms with Crippen molar-refractivity contribution in [3.63, 3.8) is 0 Å². The van der Waals surface area contributed by atoms with Gasteiger partial charge in [-0.25, -0.2) is 0 Å². The topological polar surface area (TPSA) is 38.9 Å². The van der Waals surface area contributed by atoms with E-state index in [2.05, 4.69) is 4.98 Å². The summed E-state index contributed by atoms with van der Waals surface area (Å²) in [7, 11) is 0. The lowest BCUT2D eigenvalue weighted by atomic mass is 10.2. The Balaban J connectivity index is 0.000000145. The number of hydrogen-bond acceptors (Lipinski definition) is 3. The van der Waals surface area contributed by atoms with Crippen LogP contribution in [0.25, 0.3) is 0 Å². The van der Waals surface area contributed by atoms with E-state index in [1.807, 2.05) is 35.7 Å². The number of hydrogen-bond donors (Lipinski definition) is 1. The highest BCUT2D eigenvalue weighted by Crippen LogP contribution is 1.94. The standard InChI is InChI=1S/C7H9N.C3H3NS/c8-6-7-4-2-1-3-5-7;1-2-5-3-4-1/h1-5H,6,8H2;1-3H. The first-order valence-electron chi connectivity index (χ1n) is 3.99. The normalized spacial score (nSPS) is 8.69. The van der Waals surface area contributed by atoms with Gasteiger partial charge in [0.15, 0.2) is 0 Å². The molecule has 2 rings (SSSR count). The molecular formula is C10H12N2S. The fourth-order valence-corrected chi connectivity index (χ4v) is 1.14. The zero-order valence-electron chi connectivity index (χ0n) is 7.26. The van der Waals surface area contributed by atoms with Crippen LogP contribution in [0.2, 0.25) is 0 Å². The zero-order valence-corrected chi connectivity index (χ0v) is 8.08. The molecule has 2 nitrogen and oxygen atoms in total. The molecule has 0 aliphatic rings. The molecular weight excluding hydrogens is 180 g/mol. The van der Waals surface area contributed by atoms with E-state index in [0.29, 0.717) is 6.54 Å². The summed E-state index contributed by atoms with van der Waals surface area (Å²) >= 11 is 1.60. The second-order valence-electron chi connectivity index (χ2n) is 2.37. The predicted molar refractivity (Wildman–Crippen MR) is 56.4 cm³/mol. The minimum Gasteiger partial charge on any atom is -0.326 e. The average Bonchev–Trinajstić information content (AvgIpc) is 2.77. The molecule has 0 fully saturated rings. The van der Waals surface area contributed by atoms with E-state index in [9.17, 15) is 0 Å². The minimum absolute atomic E-state index is 0.640. The van der Waals surface area contributed by atoms with Gasteiger partial charge in [0.05, 0.1) is 5.51 Å². The van der Waals surface area contributed by atoms with Gasteiger partial charge in [-0.2, -0.15) is 0 Å². The van der Waals surface area contributed by atoms with Crippen LogP contribution in [-0.4, -0.2) is 4.98 Å². The van der Waals surface area contributed by atoms with Crippen LogP contribution in [0.3, 0.4) is 0 Å². The lowest BCUT2D eigenvalue weighted by Crippen LogP contribution is -1.94. The third-order valence-corrected chi connectivity index (χ3v) is 1.95. The first-order chi connectivity index (χ1) is 6.43. The van der Waals surface area contributed by atoms with E-state index in [1.165, 1.54) is 5.56 Å². The van der Waals surface area contributed by atoms with Crippen molar-refractivity contribution < 1.29 is 0 Å². The number of thiazole rings is 1. The average molecular weight is 192 g/mol. The molecule has 0 bridgehead atoms.